The van der Waals surface area contributed by atoms with E-state index in [1.54, 1.807) is 30.3 Å². The third kappa shape index (κ3) is 8.23. The van der Waals surface area contributed by atoms with E-state index in [0.29, 0.717) is 5.56 Å². The van der Waals surface area contributed by atoms with Gasteiger partial charge in [-0.3, -0.25) is 14.4 Å². The molecule has 0 saturated carbocycles. The molecule has 9 nitrogen and oxygen atoms in total. The number of anilines is 2. The molecule has 3 aromatic carbocycles. The first-order valence-corrected chi connectivity index (χ1v) is 11.1. The monoisotopic (exact) mass is 549 g/mol. The Labute approximate surface area is 218 Å². The van der Waals surface area contributed by atoms with Crippen LogP contribution in [0, 0.1) is 0 Å². The number of amides is 3. The molecule has 3 amide bonds. The molecule has 0 aliphatic heterocycles. The Balaban J connectivity index is 1.77. The van der Waals surface area contributed by atoms with Crippen molar-refractivity contribution in [1.29, 1.82) is 0 Å². The number of nitrogens with one attached hydrogen (secondary N) is 3. The van der Waals surface area contributed by atoms with Crippen LogP contribution in [0.25, 0.3) is 0 Å². The van der Waals surface area contributed by atoms with Crippen LogP contribution in [0.2, 0.25) is 5.02 Å². The van der Waals surface area contributed by atoms with Gasteiger partial charge in [-0.15, -0.1) is 13.2 Å². The van der Waals surface area contributed by atoms with Crippen LogP contribution in [-0.4, -0.2) is 41.2 Å². The van der Waals surface area contributed by atoms with E-state index in [1.165, 1.54) is 24.3 Å². The molecule has 3 aromatic rings. The van der Waals surface area contributed by atoms with Crippen molar-refractivity contribution in [2.75, 3.05) is 10.6 Å². The molecule has 38 heavy (non-hydrogen) atoms. The number of carboxylic acid groups (broad SMARTS) is 1. The van der Waals surface area contributed by atoms with Gasteiger partial charge in [0.2, 0.25) is 5.91 Å². The largest absolute Gasteiger partial charge is 0.573 e. The molecular weight excluding hydrogens is 531 g/mol. The second kappa shape index (κ2) is 12.1. The standard InChI is InChI=1S/C25H19ClF3N3O6/c26-16-8-11-20(38-25(27,28)29)18(13-16)31-22(34)23(35)32-19(12-14-4-2-1-3-5-14)21(33)30-17-9-6-15(7-10-17)24(36)37/h1-11,13,19H,12H2,(H,30,33)(H,31,34)(H,32,35)(H,36,37). The van der Waals surface area contributed by atoms with Crippen LogP contribution in [0.3, 0.4) is 0 Å². The minimum atomic E-state index is -5.07. The maximum absolute atomic E-state index is 13.0. The summed E-state index contributed by atoms with van der Waals surface area (Å²) in [5, 5.41) is 15.8. The molecule has 1 unspecified atom stereocenters. The molecule has 3 rings (SSSR count). The van der Waals surface area contributed by atoms with Crippen molar-refractivity contribution < 1.29 is 42.2 Å². The molecular formula is C25H19ClF3N3O6. The van der Waals surface area contributed by atoms with Crippen LogP contribution in [0.1, 0.15) is 15.9 Å². The number of benzene rings is 3. The van der Waals surface area contributed by atoms with Crippen LogP contribution >= 0.6 is 11.6 Å². The fraction of sp³-hybridized carbons (Fsp3) is 0.120. The summed E-state index contributed by atoms with van der Waals surface area (Å²) in [4.78, 5) is 49.2. The van der Waals surface area contributed by atoms with Gasteiger partial charge in [0.15, 0.2) is 5.75 Å². The Kier molecular flexibility index (Phi) is 8.92. The lowest BCUT2D eigenvalue weighted by atomic mass is 10.0. The van der Waals surface area contributed by atoms with Gasteiger partial charge in [-0.05, 0) is 48.0 Å². The Hall–Kier alpha value is -4.58. The highest BCUT2D eigenvalue weighted by Gasteiger charge is 2.33. The summed E-state index contributed by atoms with van der Waals surface area (Å²) in [5.74, 6) is -5.39. The average Bonchev–Trinajstić information content (AvgIpc) is 2.85. The molecule has 13 heteroatoms. The number of carbonyl (C=O) groups excluding carboxylic acids is 3. The van der Waals surface area contributed by atoms with Gasteiger partial charge in [0.1, 0.15) is 6.04 Å². The van der Waals surface area contributed by atoms with Crippen molar-refractivity contribution in [3.63, 3.8) is 0 Å². The molecule has 1 atom stereocenters. The molecule has 4 N–H and O–H groups in total. The van der Waals surface area contributed by atoms with E-state index >= 15 is 0 Å². The number of halogens is 4. The predicted octanol–water partition coefficient (Wildman–Crippen LogP) is 4.24. The smallest absolute Gasteiger partial charge is 0.478 e. The number of ether oxygens (including phenoxy) is 1. The molecule has 0 aromatic heterocycles. The first-order valence-electron chi connectivity index (χ1n) is 10.8. The van der Waals surface area contributed by atoms with Crippen molar-refractivity contribution in [2.45, 2.75) is 18.8 Å². The van der Waals surface area contributed by atoms with E-state index in [-0.39, 0.29) is 22.7 Å². The zero-order valence-electron chi connectivity index (χ0n) is 19.2. The quantitative estimate of drug-likeness (QED) is 0.311. The van der Waals surface area contributed by atoms with Crippen LogP contribution < -0.4 is 20.7 Å². The zero-order chi connectivity index (χ0) is 27.9. The van der Waals surface area contributed by atoms with Crippen LogP contribution in [0.4, 0.5) is 24.5 Å². The van der Waals surface area contributed by atoms with Crippen LogP contribution in [0.15, 0.2) is 72.8 Å². The molecule has 0 heterocycles. The summed E-state index contributed by atoms with van der Waals surface area (Å²) in [6.45, 7) is 0. The van der Waals surface area contributed by atoms with Crippen molar-refractivity contribution >= 4 is 46.7 Å². The summed E-state index contributed by atoms with van der Waals surface area (Å²) in [6.07, 6.45) is -5.12. The lowest BCUT2D eigenvalue weighted by molar-refractivity contribution is -0.274. The van der Waals surface area contributed by atoms with Crippen molar-refractivity contribution in [1.82, 2.24) is 5.32 Å². The molecule has 0 fully saturated rings. The highest BCUT2D eigenvalue weighted by Crippen LogP contribution is 2.32. The summed E-state index contributed by atoms with van der Waals surface area (Å²) >= 11 is 5.80. The van der Waals surface area contributed by atoms with Gasteiger partial charge < -0.3 is 25.8 Å². The maximum atomic E-state index is 13.0. The van der Waals surface area contributed by atoms with E-state index < -0.39 is 47.5 Å². The first-order chi connectivity index (χ1) is 17.9. The predicted molar refractivity (Wildman–Crippen MR) is 131 cm³/mol. The number of carbonyl (C=O) groups is 4. The minimum absolute atomic E-state index is 0.0105. The average molecular weight is 550 g/mol. The molecule has 198 valence electrons. The first kappa shape index (κ1) is 28.0. The fourth-order valence-corrected chi connectivity index (χ4v) is 3.37. The van der Waals surface area contributed by atoms with E-state index in [9.17, 15) is 32.3 Å². The summed E-state index contributed by atoms with van der Waals surface area (Å²) in [6, 6.07) is 15.4. The number of alkyl halides is 3. The normalized spacial score (nSPS) is 11.7. The Bertz CT molecular complexity index is 1330. The Morgan fingerprint density at radius 1 is 0.895 bits per heavy atom. The molecule has 0 aliphatic carbocycles. The van der Waals surface area contributed by atoms with Gasteiger partial charge in [-0.25, -0.2) is 4.79 Å². The van der Waals surface area contributed by atoms with Gasteiger partial charge in [-0.2, -0.15) is 0 Å². The third-order valence-corrected chi connectivity index (χ3v) is 5.16. The van der Waals surface area contributed by atoms with E-state index in [2.05, 4.69) is 15.4 Å². The molecule has 0 spiro atoms. The summed E-state index contributed by atoms with van der Waals surface area (Å²) in [7, 11) is 0. The summed E-state index contributed by atoms with van der Waals surface area (Å²) < 4.78 is 42.0. The Morgan fingerprint density at radius 3 is 2.16 bits per heavy atom. The third-order valence-electron chi connectivity index (χ3n) is 4.93. The van der Waals surface area contributed by atoms with Crippen molar-refractivity contribution in [2.24, 2.45) is 0 Å². The maximum Gasteiger partial charge on any atom is 0.573 e. The Morgan fingerprint density at radius 2 is 1.55 bits per heavy atom. The van der Waals surface area contributed by atoms with Crippen LogP contribution in [-0.2, 0) is 20.8 Å². The van der Waals surface area contributed by atoms with Crippen molar-refractivity contribution in [3.8, 4) is 5.75 Å². The molecule has 0 saturated heterocycles. The lowest BCUT2D eigenvalue weighted by Gasteiger charge is -2.19. The molecule has 0 aliphatic rings. The van der Waals surface area contributed by atoms with Gasteiger partial charge in [0.25, 0.3) is 0 Å². The highest BCUT2D eigenvalue weighted by molar-refractivity contribution is 6.40. The molecule has 0 radical (unpaired) electrons. The zero-order valence-corrected chi connectivity index (χ0v) is 20.0. The topological polar surface area (TPSA) is 134 Å². The molecule has 0 bridgehead atoms. The fourth-order valence-electron chi connectivity index (χ4n) is 3.20. The second-order valence-electron chi connectivity index (χ2n) is 7.73. The van der Waals surface area contributed by atoms with Crippen LogP contribution in [0.5, 0.6) is 5.75 Å². The van der Waals surface area contributed by atoms with Crippen molar-refractivity contribution in [3.05, 3.63) is 88.9 Å². The van der Waals surface area contributed by atoms with Gasteiger partial charge in [0, 0.05) is 17.1 Å². The van der Waals surface area contributed by atoms with Gasteiger partial charge in [0.05, 0.1) is 11.3 Å². The number of hydrogen-bond acceptors (Lipinski definition) is 5. The van der Waals surface area contributed by atoms with E-state index in [1.807, 2.05) is 5.32 Å². The minimum Gasteiger partial charge on any atom is -0.478 e. The number of aromatic carboxylic acids is 1. The number of hydrogen-bond donors (Lipinski definition) is 4. The summed E-state index contributed by atoms with van der Waals surface area (Å²) in [5.41, 5.74) is 0.330. The lowest BCUT2D eigenvalue weighted by Crippen LogP contribution is -2.49. The van der Waals surface area contributed by atoms with Gasteiger partial charge >= 0.3 is 24.1 Å². The van der Waals surface area contributed by atoms with E-state index in [4.69, 9.17) is 16.7 Å². The number of carboxylic acids is 1. The SMILES string of the molecule is O=C(Nc1cc(Cl)ccc1OC(F)(F)F)C(=O)NC(Cc1ccccc1)C(=O)Nc1ccc(C(=O)O)cc1. The highest BCUT2D eigenvalue weighted by atomic mass is 35.5. The van der Waals surface area contributed by atoms with Gasteiger partial charge in [-0.1, -0.05) is 41.9 Å². The van der Waals surface area contributed by atoms with E-state index in [0.717, 1.165) is 18.2 Å². The number of rotatable bonds is 8. The second-order valence-corrected chi connectivity index (χ2v) is 8.17.